The van der Waals surface area contributed by atoms with Gasteiger partial charge in [0.25, 0.3) is 5.91 Å². The monoisotopic (exact) mass is 317 g/mol. The second-order valence-electron chi connectivity index (χ2n) is 5.21. The molecule has 0 aromatic heterocycles. The van der Waals surface area contributed by atoms with Crippen LogP contribution in [0.2, 0.25) is 0 Å². The molecule has 0 bridgehead atoms. The van der Waals surface area contributed by atoms with Gasteiger partial charge in [0.05, 0.1) is 6.61 Å². The van der Waals surface area contributed by atoms with Gasteiger partial charge in [0.2, 0.25) is 0 Å². The Hall–Kier alpha value is -2.60. The summed E-state index contributed by atoms with van der Waals surface area (Å²) in [4.78, 5) is 23.2. The highest BCUT2D eigenvalue weighted by Crippen LogP contribution is 2.26. The molecule has 2 aromatic carbocycles. The fourth-order valence-corrected chi connectivity index (χ4v) is 2.26. The van der Waals surface area contributed by atoms with Gasteiger partial charge in [-0.2, -0.15) is 0 Å². The van der Waals surface area contributed by atoms with Gasteiger partial charge >= 0.3 is 5.97 Å². The van der Waals surface area contributed by atoms with Crippen LogP contribution in [0.4, 0.5) is 0 Å². The van der Waals surface area contributed by atoms with Crippen LogP contribution in [0.3, 0.4) is 0 Å². The van der Waals surface area contributed by atoms with Gasteiger partial charge in [-0.3, -0.25) is 4.79 Å². The number of aromatic carboxylic acids is 1. The molecule has 0 aliphatic rings. The summed E-state index contributed by atoms with van der Waals surface area (Å²) < 4.78 is 10.3. The van der Waals surface area contributed by atoms with Crippen LogP contribution in [0, 0.1) is 0 Å². The standard InChI is InChI=1S/C17H19NO5/c1-11(9-22-2)18-16(19)10-23-15-8-13-6-4-3-5-12(13)7-14(15)17(20)21/h3-8,11H,9-10H2,1-2H3,(H,18,19)(H,20,21)/t11-/m1/s1. The molecule has 0 aliphatic carbocycles. The van der Waals surface area contributed by atoms with Crippen molar-refractivity contribution >= 4 is 22.6 Å². The largest absolute Gasteiger partial charge is 0.483 e. The zero-order chi connectivity index (χ0) is 16.8. The normalized spacial score (nSPS) is 11.9. The van der Waals surface area contributed by atoms with E-state index in [9.17, 15) is 14.7 Å². The number of carbonyl (C=O) groups excluding carboxylic acids is 1. The molecule has 0 aliphatic heterocycles. The topological polar surface area (TPSA) is 84.9 Å². The van der Waals surface area contributed by atoms with Crippen molar-refractivity contribution in [2.75, 3.05) is 20.3 Å². The van der Waals surface area contributed by atoms with Crippen molar-refractivity contribution < 1.29 is 24.2 Å². The lowest BCUT2D eigenvalue weighted by Gasteiger charge is -2.14. The third kappa shape index (κ3) is 4.43. The van der Waals surface area contributed by atoms with E-state index in [-0.39, 0.29) is 29.9 Å². The van der Waals surface area contributed by atoms with Crippen molar-refractivity contribution in [3.8, 4) is 5.75 Å². The molecule has 0 heterocycles. The summed E-state index contributed by atoms with van der Waals surface area (Å²) in [6.07, 6.45) is 0. The zero-order valence-electron chi connectivity index (χ0n) is 13.0. The lowest BCUT2D eigenvalue weighted by molar-refractivity contribution is -0.124. The number of amides is 1. The maximum absolute atomic E-state index is 11.8. The fourth-order valence-electron chi connectivity index (χ4n) is 2.26. The molecule has 0 radical (unpaired) electrons. The van der Waals surface area contributed by atoms with Crippen LogP contribution in [-0.2, 0) is 9.53 Å². The van der Waals surface area contributed by atoms with Crippen LogP contribution in [0.15, 0.2) is 36.4 Å². The summed E-state index contributed by atoms with van der Waals surface area (Å²) in [5.74, 6) is -1.26. The predicted octanol–water partition coefficient (Wildman–Crippen LogP) is 2.07. The molecule has 0 unspecified atom stereocenters. The van der Waals surface area contributed by atoms with E-state index in [4.69, 9.17) is 9.47 Å². The minimum absolute atomic E-state index is 0.0291. The number of hydrogen-bond acceptors (Lipinski definition) is 4. The Morgan fingerprint density at radius 2 is 1.87 bits per heavy atom. The number of hydrogen-bond donors (Lipinski definition) is 2. The molecule has 1 atom stereocenters. The van der Waals surface area contributed by atoms with Gasteiger partial charge in [-0.05, 0) is 29.8 Å². The van der Waals surface area contributed by atoms with E-state index >= 15 is 0 Å². The number of carboxylic acids is 1. The molecule has 6 nitrogen and oxygen atoms in total. The van der Waals surface area contributed by atoms with E-state index in [0.29, 0.717) is 6.61 Å². The third-order valence-electron chi connectivity index (χ3n) is 3.26. The van der Waals surface area contributed by atoms with Crippen molar-refractivity contribution in [2.45, 2.75) is 13.0 Å². The smallest absolute Gasteiger partial charge is 0.339 e. The highest BCUT2D eigenvalue weighted by Gasteiger charge is 2.15. The first-order chi connectivity index (χ1) is 11.0. The highest BCUT2D eigenvalue weighted by molar-refractivity contribution is 5.97. The van der Waals surface area contributed by atoms with Gasteiger partial charge in [-0.25, -0.2) is 4.79 Å². The van der Waals surface area contributed by atoms with Gasteiger partial charge in [0, 0.05) is 13.2 Å². The Balaban J connectivity index is 2.13. The van der Waals surface area contributed by atoms with Crippen LogP contribution in [0.25, 0.3) is 10.8 Å². The summed E-state index contributed by atoms with van der Waals surface area (Å²) in [5.41, 5.74) is 0.0291. The van der Waals surface area contributed by atoms with Gasteiger partial charge in [-0.15, -0.1) is 0 Å². The number of carboxylic acid groups (broad SMARTS) is 1. The lowest BCUT2D eigenvalue weighted by atomic mass is 10.1. The van der Waals surface area contributed by atoms with Crippen molar-refractivity contribution in [2.24, 2.45) is 0 Å². The first-order valence-corrected chi connectivity index (χ1v) is 7.18. The molecule has 122 valence electrons. The summed E-state index contributed by atoms with van der Waals surface area (Å²) in [5, 5.41) is 13.7. The Morgan fingerprint density at radius 3 is 2.48 bits per heavy atom. The first kappa shape index (κ1) is 16.8. The molecule has 2 rings (SSSR count). The summed E-state index contributed by atoms with van der Waals surface area (Å²) >= 11 is 0. The van der Waals surface area contributed by atoms with Crippen LogP contribution in [0.5, 0.6) is 5.75 Å². The maximum atomic E-state index is 11.8. The summed E-state index contributed by atoms with van der Waals surface area (Å²) in [6, 6.07) is 10.4. The van der Waals surface area contributed by atoms with Crippen molar-refractivity contribution in [1.29, 1.82) is 0 Å². The Kier molecular flexibility index (Phi) is 5.54. The number of benzene rings is 2. The molecular formula is C17H19NO5. The average Bonchev–Trinajstić information content (AvgIpc) is 2.52. The molecule has 0 saturated heterocycles. The molecule has 0 saturated carbocycles. The van der Waals surface area contributed by atoms with Crippen molar-refractivity contribution in [3.63, 3.8) is 0 Å². The van der Waals surface area contributed by atoms with Gasteiger partial charge in [0.1, 0.15) is 11.3 Å². The van der Waals surface area contributed by atoms with E-state index in [1.807, 2.05) is 24.3 Å². The van der Waals surface area contributed by atoms with E-state index in [0.717, 1.165) is 10.8 Å². The molecule has 6 heteroatoms. The number of nitrogens with one attached hydrogen (secondary N) is 1. The number of rotatable bonds is 7. The maximum Gasteiger partial charge on any atom is 0.339 e. The molecule has 0 spiro atoms. The van der Waals surface area contributed by atoms with Gasteiger partial charge in [0.15, 0.2) is 6.61 Å². The number of methoxy groups -OCH3 is 1. The van der Waals surface area contributed by atoms with Crippen LogP contribution in [0.1, 0.15) is 17.3 Å². The Bertz CT molecular complexity index is 713. The summed E-state index contributed by atoms with van der Waals surface area (Å²) in [6.45, 7) is 1.94. The van der Waals surface area contributed by atoms with E-state index in [1.54, 1.807) is 26.2 Å². The van der Waals surface area contributed by atoms with E-state index in [2.05, 4.69) is 5.32 Å². The van der Waals surface area contributed by atoms with Gasteiger partial charge < -0.3 is 19.9 Å². The number of carbonyl (C=O) groups is 2. The predicted molar refractivity (Wildman–Crippen MR) is 85.9 cm³/mol. The van der Waals surface area contributed by atoms with Gasteiger partial charge in [-0.1, -0.05) is 24.3 Å². The Labute approximate surface area is 134 Å². The van der Waals surface area contributed by atoms with Crippen LogP contribution >= 0.6 is 0 Å². The van der Waals surface area contributed by atoms with Crippen LogP contribution < -0.4 is 10.1 Å². The molecular weight excluding hydrogens is 298 g/mol. The fraction of sp³-hybridized carbons (Fsp3) is 0.294. The third-order valence-corrected chi connectivity index (χ3v) is 3.26. The number of ether oxygens (including phenoxy) is 2. The van der Waals surface area contributed by atoms with Crippen molar-refractivity contribution in [3.05, 3.63) is 42.0 Å². The molecule has 2 aromatic rings. The molecule has 23 heavy (non-hydrogen) atoms. The number of fused-ring (bicyclic) bond motifs is 1. The van der Waals surface area contributed by atoms with E-state index < -0.39 is 5.97 Å². The van der Waals surface area contributed by atoms with Crippen molar-refractivity contribution in [1.82, 2.24) is 5.32 Å². The Morgan fingerprint density at radius 1 is 1.22 bits per heavy atom. The quantitative estimate of drug-likeness (QED) is 0.816. The van der Waals surface area contributed by atoms with E-state index in [1.165, 1.54) is 0 Å². The molecule has 0 fully saturated rings. The van der Waals surface area contributed by atoms with Crippen LogP contribution in [-0.4, -0.2) is 43.3 Å². The second-order valence-corrected chi connectivity index (χ2v) is 5.21. The zero-order valence-corrected chi connectivity index (χ0v) is 13.0. The average molecular weight is 317 g/mol. The molecule has 2 N–H and O–H groups in total. The lowest BCUT2D eigenvalue weighted by Crippen LogP contribution is -2.38. The highest BCUT2D eigenvalue weighted by atomic mass is 16.5. The second kappa shape index (κ2) is 7.60. The SMILES string of the molecule is COC[C@@H](C)NC(=O)COc1cc2ccccc2cc1C(=O)O. The minimum atomic E-state index is -1.10. The minimum Gasteiger partial charge on any atom is -0.483 e. The molecule has 1 amide bonds. The summed E-state index contributed by atoms with van der Waals surface area (Å²) in [7, 11) is 1.55. The first-order valence-electron chi connectivity index (χ1n) is 7.18.